The minimum absolute atomic E-state index is 0.0538. The summed E-state index contributed by atoms with van der Waals surface area (Å²) in [7, 11) is 0. The second-order valence-corrected chi connectivity index (χ2v) is 8.51. The molecule has 3 aromatic heterocycles. The Morgan fingerprint density at radius 3 is 2.36 bits per heavy atom. The average molecular weight is 510 g/mol. The van der Waals surface area contributed by atoms with Gasteiger partial charge in [0.05, 0.1) is 32.6 Å². The molecule has 0 saturated carbocycles. The third-order valence-corrected chi connectivity index (χ3v) is 6.16. The van der Waals surface area contributed by atoms with Crippen LogP contribution in [-0.2, 0) is 6.18 Å². The Morgan fingerprint density at radius 2 is 1.72 bits per heavy atom. The SMILES string of the molecule is O=C(Nc1nc(-c2ccc(C(F)(F)F)cc2)nc2c1cnn2-c1ccccc1)c1ccc([N+](=O)[O-])s1. The van der Waals surface area contributed by atoms with Gasteiger partial charge in [0.15, 0.2) is 11.5 Å². The van der Waals surface area contributed by atoms with Crippen LogP contribution in [0.3, 0.4) is 0 Å². The van der Waals surface area contributed by atoms with Crippen LogP contribution in [0.25, 0.3) is 28.1 Å². The van der Waals surface area contributed by atoms with Crippen LogP contribution in [0, 0.1) is 10.1 Å². The second-order valence-electron chi connectivity index (χ2n) is 7.45. The normalized spacial score (nSPS) is 11.5. The van der Waals surface area contributed by atoms with E-state index in [1.807, 2.05) is 6.07 Å². The highest BCUT2D eigenvalue weighted by Gasteiger charge is 2.30. The Kier molecular flexibility index (Phi) is 5.68. The molecule has 0 unspecified atom stereocenters. The average Bonchev–Trinajstić information content (AvgIpc) is 3.52. The van der Waals surface area contributed by atoms with Crippen LogP contribution in [0.1, 0.15) is 15.2 Å². The lowest BCUT2D eigenvalue weighted by molar-refractivity contribution is -0.380. The van der Waals surface area contributed by atoms with Gasteiger partial charge >= 0.3 is 11.2 Å². The van der Waals surface area contributed by atoms with E-state index in [-0.39, 0.29) is 27.1 Å². The molecule has 0 fully saturated rings. The van der Waals surface area contributed by atoms with Crippen molar-refractivity contribution in [2.45, 2.75) is 6.18 Å². The lowest BCUT2D eigenvalue weighted by Gasteiger charge is -2.10. The molecule has 5 rings (SSSR count). The first kappa shape index (κ1) is 23.1. The number of anilines is 1. The van der Waals surface area contributed by atoms with E-state index >= 15 is 0 Å². The molecule has 0 aliphatic heterocycles. The highest BCUT2D eigenvalue weighted by atomic mass is 32.1. The van der Waals surface area contributed by atoms with Crippen LogP contribution in [0.5, 0.6) is 0 Å². The van der Waals surface area contributed by atoms with E-state index in [4.69, 9.17) is 0 Å². The zero-order chi connectivity index (χ0) is 25.4. The van der Waals surface area contributed by atoms with E-state index in [2.05, 4.69) is 20.4 Å². The first-order valence-electron chi connectivity index (χ1n) is 10.2. The number of amides is 1. The molecule has 0 aliphatic carbocycles. The lowest BCUT2D eigenvalue weighted by atomic mass is 10.1. The molecule has 0 radical (unpaired) electrons. The van der Waals surface area contributed by atoms with Crippen LogP contribution in [-0.4, -0.2) is 30.6 Å². The van der Waals surface area contributed by atoms with Crippen molar-refractivity contribution in [2.24, 2.45) is 0 Å². The summed E-state index contributed by atoms with van der Waals surface area (Å²) in [5.41, 5.74) is 0.428. The largest absolute Gasteiger partial charge is 0.416 e. The molecule has 0 saturated heterocycles. The third-order valence-electron chi connectivity index (χ3n) is 5.13. The fourth-order valence-corrected chi connectivity index (χ4v) is 4.13. The predicted octanol–water partition coefficient (Wildman–Crippen LogP) is 5.72. The molecule has 1 amide bonds. The van der Waals surface area contributed by atoms with Crippen molar-refractivity contribution in [3.05, 3.63) is 93.5 Å². The van der Waals surface area contributed by atoms with Crippen molar-refractivity contribution in [1.29, 1.82) is 0 Å². The molecule has 0 aliphatic rings. The maximum Gasteiger partial charge on any atom is 0.416 e. The molecule has 0 spiro atoms. The number of para-hydroxylation sites is 1. The third kappa shape index (κ3) is 4.38. The number of carbonyl (C=O) groups excluding carboxylic acids is 1. The number of hydrogen-bond donors (Lipinski definition) is 1. The highest BCUT2D eigenvalue weighted by Crippen LogP contribution is 2.32. The second kappa shape index (κ2) is 8.85. The fourth-order valence-electron chi connectivity index (χ4n) is 3.42. The van der Waals surface area contributed by atoms with Crippen molar-refractivity contribution in [2.75, 3.05) is 5.32 Å². The van der Waals surface area contributed by atoms with E-state index in [1.54, 1.807) is 24.3 Å². The van der Waals surface area contributed by atoms with Crippen LogP contribution in [0.15, 0.2) is 72.9 Å². The van der Waals surface area contributed by atoms with Crippen LogP contribution < -0.4 is 5.32 Å². The summed E-state index contributed by atoms with van der Waals surface area (Å²) in [4.78, 5) is 32.2. The first-order chi connectivity index (χ1) is 17.2. The van der Waals surface area contributed by atoms with Gasteiger partial charge in [-0.3, -0.25) is 14.9 Å². The Hall–Kier alpha value is -4.65. The Balaban J connectivity index is 1.61. The molecule has 36 heavy (non-hydrogen) atoms. The molecule has 3 heterocycles. The van der Waals surface area contributed by atoms with Gasteiger partial charge in [0, 0.05) is 11.6 Å². The van der Waals surface area contributed by atoms with E-state index < -0.39 is 22.6 Å². The van der Waals surface area contributed by atoms with E-state index in [0.717, 1.165) is 12.1 Å². The monoisotopic (exact) mass is 510 g/mol. The number of nitrogens with zero attached hydrogens (tertiary/aromatic N) is 5. The molecular formula is C23H13F3N6O3S. The standard InChI is InChI=1S/C23H13F3N6O3S/c24-23(25,26)14-8-6-13(7-9-14)19-28-20(30-22(33)17-10-11-18(36-17)32(34)35)16-12-27-31(21(16)29-19)15-4-2-1-3-5-15/h1-12H,(H,28,29,30,33). The molecule has 180 valence electrons. The molecule has 0 atom stereocenters. The molecular weight excluding hydrogens is 497 g/mol. The van der Waals surface area contributed by atoms with Gasteiger partial charge in [-0.25, -0.2) is 14.6 Å². The van der Waals surface area contributed by atoms with Crippen molar-refractivity contribution in [3.8, 4) is 17.1 Å². The highest BCUT2D eigenvalue weighted by molar-refractivity contribution is 7.17. The predicted molar refractivity (Wildman–Crippen MR) is 126 cm³/mol. The molecule has 5 aromatic rings. The number of rotatable bonds is 5. The Labute approximate surface area is 204 Å². The van der Waals surface area contributed by atoms with Crippen molar-refractivity contribution >= 4 is 39.1 Å². The number of aromatic nitrogens is 4. The smallest absolute Gasteiger partial charge is 0.305 e. The molecule has 9 nitrogen and oxygen atoms in total. The van der Waals surface area contributed by atoms with E-state index in [9.17, 15) is 28.1 Å². The van der Waals surface area contributed by atoms with Crippen LogP contribution in [0.4, 0.5) is 24.0 Å². The van der Waals surface area contributed by atoms with Crippen LogP contribution >= 0.6 is 11.3 Å². The number of fused-ring (bicyclic) bond motifs is 1. The first-order valence-corrected chi connectivity index (χ1v) is 11.1. The summed E-state index contributed by atoms with van der Waals surface area (Å²) in [5, 5.41) is 18.1. The Bertz CT molecular complexity index is 1600. The maximum atomic E-state index is 13.0. The number of hydrogen-bond acceptors (Lipinski definition) is 7. The molecule has 2 aromatic carbocycles. The van der Waals surface area contributed by atoms with Gasteiger partial charge in [0.25, 0.3) is 5.91 Å². The van der Waals surface area contributed by atoms with Gasteiger partial charge in [-0.1, -0.05) is 41.7 Å². The summed E-state index contributed by atoms with van der Waals surface area (Å²) >= 11 is 0.698. The van der Waals surface area contributed by atoms with E-state index in [0.29, 0.717) is 28.1 Å². The van der Waals surface area contributed by atoms with Crippen LogP contribution in [0.2, 0.25) is 0 Å². The van der Waals surface area contributed by atoms with Crippen molar-refractivity contribution < 1.29 is 22.9 Å². The summed E-state index contributed by atoms with van der Waals surface area (Å²) < 4.78 is 40.6. The van der Waals surface area contributed by atoms with Gasteiger partial charge in [-0.2, -0.15) is 18.3 Å². The summed E-state index contributed by atoms with van der Waals surface area (Å²) in [6.07, 6.45) is -3.05. The number of benzene rings is 2. The van der Waals surface area contributed by atoms with Gasteiger partial charge in [0.1, 0.15) is 5.82 Å². The minimum atomic E-state index is -4.50. The minimum Gasteiger partial charge on any atom is -0.305 e. The van der Waals surface area contributed by atoms with Crippen molar-refractivity contribution in [1.82, 2.24) is 19.7 Å². The molecule has 1 N–H and O–H groups in total. The van der Waals surface area contributed by atoms with E-state index in [1.165, 1.54) is 35.1 Å². The number of nitrogens with one attached hydrogen (secondary N) is 1. The van der Waals surface area contributed by atoms with Crippen molar-refractivity contribution in [3.63, 3.8) is 0 Å². The summed E-state index contributed by atoms with van der Waals surface area (Å²) in [6, 6.07) is 15.8. The zero-order valence-corrected chi connectivity index (χ0v) is 18.7. The Morgan fingerprint density at radius 1 is 1.00 bits per heavy atom. The number of nitro groups is 1. The van der Waals surface area contributed by atoms with Gasteiger partial charge in [-0.05, 0) is 30.3 Å². The zero-order valence-electron chi connectivity index (χ0n) is 17.9. The number of alkyl halides is 3. The number of halogens is 3. The maximum absolute atomic E-state index is 13.0. The lowest BCUT2D eigenvalue weighted by Crippen LogP contribution is -2.13. The van der Waals surface area contributed by atoms with Gasteiger partial charge in [0.2, 0.25) is 0 Å². The van der Waals surface area contributed by atoms with Gasteiger partial charge in [-0.15, -0.1) is 0 Å². The topological polar surface area (TPSA) is 116 Å². The molecule has 0 bridgehead atoms. The quantitative estimate of drug-likeness (QED) is 0.239. The number of carbonyl (C=O) groups is 1. The van der Waals surface area contributed by atoms with Gasteiger partial charge < -0.3 is 5.32 Å². The molecule has 13 heteroatoms. The fraction of sp³-hybridized carbons (Fsp3) is 0.0435. The summed E-state index contributed by atoms with van der Waals surface area (Å²) in [6.45, 7) is 0. The number of thiophene rings is 1. The summed E-state index contributed by atoms with van der Waals surface area (Å²) in [5.74, 6) is -0.529.